The van der Waals surface area contributed by atoms with Gasteiger partial charge in [-0.15, -0.1) is 11.3 Å². The zero-order valence-corrected chi connectivity index (χ0v) is 14.4. The normalized spacial score (nSPS) is 10.8. The zero-order valence-electron chi connectivity index (χ0n) is 13.6. The van der Waals surface area contributed by atoms with Crippen molar-refractivity contribution in [2.24, 2.45) is 0 Å². The van der Waals surface area contributed by atoms with E-state index in [1.54, 1.807) is 12.5 Å². The fraction of sp³-hybridized carbons (Fsp3) is 0.300. The van der Waals surface area contributed by atoms with Gasteiger partial charge >= 0.3 is 0 Å². The Labute approximate surface area is 146 Å². The molecule has 0 spiro atoms. The topological polar surface area (TPSA) is 43.1 Å². The SMILES string of the molecule is O=C(CCCCCCc1ccccc1)c1ncc(-c2ccco2)s1. The first kappa shape index (κ1) is 16.7. The Kier molecular flexibility index (Phi) is 5.96. The zero-order chi connectivity index (χ0) is 16.6. The summed E-state index contributed by atoms with van der Waals surface area (Å²) < 4.78 is 5.33. The summed E-state index contributed by atoms with van der Waals surface area (Å²) in [5.74, 6) is 0.910. The lowest BCUT2D eigenvalue weighted by Gasteiger charge is -2.01. The maximum Gasteiger partial charge on any atom is 0.191 e. The number of aryl methyl sites for hydroxylation is 1. The number of aromatic nitrogens is 1. The van der Waals surface area contributed by atoms with Crippen molar-refractivity contribution in [2.75, 3.05) is 0 Å². The van der Waals surface area contributed by atoms with Gasteiger partial charge in [0, 0.05) is 12.6 Å². The predicted octanol–water partition coefficient (Wildman–Crippen LogP) is 5.78. The minimum Gasteiger partial charge on any atom is -0.463 e. The molecule has 0 aliphatic rings. The summed E-state index contributed by atoms with van der Waals surface area (Å²) in [6, 6.07) is 14.3. The molecule has 24 heavy (non-hydrogen) atoms. The Morgan fingerprint density at radius 1 is 1.00 bits per heavy atom. The van der Waals surface area contributed by atoms with Crippen molar-refractivity contribution in [1.82, 2.24) is 4.98 Å². The van der Waals surface area contributed by atoms with Crippen LogP contribution in [-0.4, -0.2) is 10.8 Å². The van der Waals surface area contributed by atoms with Crippen molar-refractivity contribution < 1.29 is 9.21 Å². The number of hydrogen-bond acceptors (Lipinski definition) is 4. The third-order valence-corrected chi connectivity index (χ3v) is 5.02. The molecule has 0 radical (unpaired) electrons. The molecule has 3 aromatic rings. The van der Waals surface area contributed by atoms with Crippen LogP contribution in [-0.2, 0) is 6.42 Å². The monoisotopic (exact) mass is 339 g/mol. The van der Waals surface area contributed by atoms with Crippen LogP contribution in [0.2, 0.25) is 0 Å². The Morgan fingerprint density at radius 3 is 2.62 bits per heavy atom. The maximum absolute atomic E-state index is 12.2. The first-order valence-electron chi connectivity index (χ1n) is 8.40. The molecule has 2 heterocycles. The van der Waals surface area contributed by atoms with Crippen molar-refractivity contribution in [2.45, 2.75) is 38.5 Å². The minimum absolute atomic E-state index is 0.140. The Hall–Kier alpha value is -2.20. The van der Waals surface area contributed by atoms with Crippen LogP contribution in [0.3, 0.4) is 0 Å². The van der Waals surface area contributed by atoms with E-state index in [4.69, 9.17) is 4.42 Å². The number of unbranched alkanes of at least 4 members (excludes halogenated alkanes) is 3. The van der Waals surface area contributed by atoms with Crippen LogP contribution in [0.25, 0.3) is 10.6 Å². The van der Waals surface area contributed by atoms with Gasteiger partial charge in [-0.3, -0.25) is 4.79 Å². The van der Waals surface area contributed by atoms with Crippen molar-refractivity contribution in [1.29, 1.82) is 0 Å². The number of hydrogen-bond donors (Lipinski definition) is 0. The molecule has 0 amide bonds. The number of furan rings is 1. The van der Waals surface area contributed by atoms with Crippen LogP contribution in [0, 0.1) is 0 Å². The van der Waals surface area contributed by atoms with Crippen LogP contribution in [0.5, 0.6) is 0 Å². The first-order chi connectivity index (χ1) is 11.8. The molecule has 4 heteroatoms. The van der Waals surface area contributed by atoms with Crippen LogP contribution in [0.15, 0.2) is 59.3 Å². The molecule has 0 aliphatic carbocycles. The van der Waals surface area contributed by atoms with E-state index in [1.807, 2.05) is 18.2 Å². The molecule has 0 saturated heterocycles. The molecule has 0 bridgehead atoms. The average Bonchev–Trinajstić information content (AvgIpc) is 3.29. The summed E-state index contributed by atoms with van der Waals surface area (Å²) in [4.78, 5) is 17.3. The predicted molar refractivity (Wildman–Crippen MR) is 97.4 cm³/mol. The number of thiazole rings is 1. The summed E-state index contributed by atoms with van der Waals surface area (Å²) in [6.45, 7) is 0. The number of benzene rings is 1. The van der Waals surface area contributed by atoms with Crippen molar-refractivity contribution in [3.8, 4) is 10.6 Å². The summed E-state index contributed by atoms with van der Waals surface area (Å²) in [5, 5.41) is 0.589. The molecular formula is C20H21NO2S. The number of Topliss-reactive ketones (excluding diaryl/α,β-unsaturated/α-hetero) is 1. The smallest absolute Gasteiger partial charge is 0.191 e. The highest BCUT2D eigenvalue weighted by atomic mass is 32.1. The van der Waals surface area contributed by atoms with Crippen molar-refractivity contribution in [3.05, 3.63) is 65.5 Å². The Bertz CT molecular complexity index is 747. The van der Waals surface area contributed by atoms with Gasteiger partial charge in [0.2, 0.25) is 0 Å². The van der Waals surface area contributed by atoms with Crippen LogP contribution < -0.4 is 0 Å². The molecule has 0 saturated carbocycles. The number of ketones is 1. The second-order valence-corrected chi connectivity index (χ2v) is 6.86. The molecular weight excluding hydrogens is 318 g/mol. The number of rotatable bonds is 9. The van der Waals surface area contributed by atoms with Crippen LogP contribution >= 0.6 is 11.3 Å². The fourth-order valence-corrected chi connectivity index (χ4v) is 3.51. The standard InChI is InChI=1S/C20H21NO2S/c22-17(20-21-15-19(24-20)18-13-8-14-23-18)12-7-2-1-4-9-16-10-5-3-6-11-16/h3,5-6,8,10-11,13-15H,1-2,4,7,9,12H2. The lowest BCUT2D eigenvalue weighted by molar-refractivity contribution is 0.0978. The first-order valence-corrected chi connectivity index (χ1v) is 9.21. The van der Waals surface area contributed by atoms with Gasteiger partial charge in [0.1, 0.15) is 5.76 Å². The van der Waals surface area contributed by atoms with Crippen LogP contribution in [0.1, 0.15) is 47.5 Å². The third-order valence-electron chi connectivity index (χ3n) is 3.97. The van der Waals surface area contributed by atoms with Gasteiger partial charge < -0.3 is 4.42 Å². The lowest BCUT2D eigenvalue weighted by Crippen LogP contribution is -1.97. The number of carbonyl (C=O) groups is 1. The van der Waals surface area contributed by atoms with Gasteiger partial charge in [-0.2, -0.15) is 0 Å². The maximum atomic E-state index is 12.2. The van der Waals surface area contributed by atoms with Crippen molar-refractivity contribution >= 4 is 17.1 Å². The summed E-state index contributed by atoms with van der Waals surface area (Å²) in [5.41, 5.74) is 1.39. The van der Waals surface area contributed by atoms with Gasteiger partial charge in [-0.1, -0.05) is 43.2 Å². The molecule has 1 aromatic carbocycles. The quantitative estimate of drug-likeness (QED) is 0.366. The van der Waals surface area contributed by atoms with E-state index in [9.17, 15) is 4.79 Å². The molecule has 0 unspecified atom stereocenters. The summed E-state index contributed by atoms with van der Waals surface area (Å²) in [7, 11) is 0. The van der Waals surface area contributed by atoms with E-state index in [-0.39, 0.29) is 5.78 Å². The summed E-state index contributed by atoms with van der Waals surface area (Å²) in [6.07, 6.45) is 9.42. The fourth-order valence-electron chi connectivity index (χ4n) is 2.66. The van der Waals surface area contributed by atoms with Gasteiger partial charge in [-0.25, -0.2) is 4.98 Å². The highest BCUT2D eigenvalue weighted by molar-refractivity contribution is 7.16. The van der Waals surface area contributed by atoms with Gasteiger partial charge in [-0.05, 0) is 37.0 Å². The largest absolute Gasteiger partial charge is 0.463 e. The lowest BCUT2D eigenvalue weighted by atomic mass is 10.0. The van der Waals surface area contributed by atoms with Gasteiger partial charge in [0.05, 0.1) is 11.1 Å². The minimum atomic E-state index is 0.140. The molecule has 3 rings (SSSR count). The molecule has 2 aromatic heterocycles. The highest BCUT2D eigenvalue weighted by Gasteiger charge is 2.13. The number of nitrogens with zero attached hydrogens (tertiary/aromatic N) is 1. The molecule has 0 aliphatic heterocycles. The van der Waals surface area contributed by atoms with E-state index >= 15 is 0 Å². The Morgan fingerprint density at radius 2 is 1.83 bits per heavy atom. The third kappa shape index (κ3) is 4.65. The molecule has 3 nitrogen and oxygen atoms in total. The van der Waals surface area contributed by atoms with Gasteiger partial charge in [0.25, 0.3) is 0 Å². The Balaban J connectivity index is 1.35. The highest BCUT2D eigenvalue weighted by Crippen LogP contribution is 2.27. The molecule has 0 atom stereocenters. The van der Waals surface area contributed by atoms with Gasteiger partial charge in [0.15, 0.2) is 10.8 Å². The summed E-state index contributed by atoms with van der Waals surface area (Å²) >= 11 is 1.41. The van der Waals surface area contributed by atoms with E-state index in [0.717, 1.165) is 36.3 Å². The van der Waals surface area contributed by atoms with E-state index in [2.05, 4.69) is 29.2 Å². The molecule has 0 fully saturated rings. The average molecular weight is 339 g/mol. The number of carbonyl (C=O) groups excluding carboxylic acids is 1. The molecule has 0 N–H and O–H groups in total. The van der Waals surface area contributed by atoms with Crippen LogP contribution in [0.4, 0.5) is 0 Å². The van der Waals surface area contributed by atoms with E-state index in [0.29, 0.717) is 11.4 Å². The van der Waals surface area contributed by atoms with E-state index < -0.39 is 0 Å². The second kappa shape index (κ2) is 8.60. The second-order valence-electron chi connectivity index (χ2n) is 5.83. The molecule has 124 valence electrons. The van der Waals surface area contributed by atoms with E-state index in [1.165, 1.54) is 23.3 Å². The van der Waals surface area contributed by atoms with Crippen molar-refractivity contribution in [3.63, 3.8) is 0 Å².